The maximum atomic E-state index is 12.7. The third kappa shape index (κ3) is 3.97. The zero-order valence-electron chi connectivity index (χ0n) is 16.5. The molecule has 0 bridgehead atoms. The molecule has 1 saturated carbocycles. The van der Waals surface area contributed by atoms with E-state index in [0.29, 0.717) is 10.7 Å². The quantitative estimate of drug-likeness (QED) is 0.824. The van der Waals surface area contributed by atoms with Crippen LogP contribution in [-0.2, 0) is 10.3 Å². The summed E-state index contributed by atoms with van der Waals surface area (Å²) in [5.74, 6) is -0.600. The molecule has 3 rings (SSSR count). The van der Waals surface area contributed by atoms with Crippen molar-refractivity contribution in [1.29, 1.82) is 0 Å². The van der Waals surface area contributed by atoms with Crippen LogP contribution in [0.3, 0.4) is 0 Å². The van der Waals surface area contributed by atoms with E-state index in [0.717, 1.165) is 24.0 Å². The number of rotatable bonds is 4. The van der Waals surface area contributed by atoms with Gasteiger partial charge < -0.3 is 15.4 Å². The van der Waals surface area contributed by atoms with Crippen LogP contribution in [0, 0.1) is 0 Å². The smallest absolute Gasteiger partial charge is 0.410 e. The number of hydrogen-bond acceptors (Lipinski definition) is 4. The number of ether oxygens (including phenoxy) is 1. The highest BCUT2D eigenvalue weighted by atomic mass is 35.5. The molecule has 1 aliphatic carbocycles. The molecule has 1 aromatic heterocycles. The molecule has 148 valence electrons. The first-order chi connectivity index (χ1) is 13.0. The lowest BCUT2D eigenvalue weighted by Crippen LogP contribution is -2.41. The maximum Gasteiger partial charge on any atom is 0.410 e. The van der Waals surface area contributed by atoms with Crippen molar-refractivity contribution in [3.05, 3.63) is 52.7 Å². The van der Waals surface area contributed by atoms with Crippen LogP contribution in [0.2, 0.25) is 5.02 Å². The minimum absolute atomic E-state index is 0.175. The minimum atomic E-state index is -0.600. The number of nitrogens with zero attached hydrogens (tertiary/aromatic N) is 2. The SMILES string of the molecule is CN(C(=O)OC(C)(C)C)C1(c2ccc(Cl)cc2-c2cccc(C(N)=O)n2)CC1. The topological polar surface area (TPSA) is 85.5 Å². The molecule has 0 atom stereocenters. The molecule has 1 fully saturated rings. The van der Waals surface area contributed by atoms with E-state index in [-0.39, 0.29) is 11.8 Å². The molecular formula is C21H24ClN3O3. The van der Waals surface area contributed by atoms with Crippen LogP contribution in [0.1, 0.15) is 49.7 Å². The van der Waals surface area contributed by atoms with Crippen molar-refractivity contribution in [3.63, 3.8) is 0 Å². The second-order valence-corrected chi connectivity index (χ2v) is 8.47. The molecule has 0 aliphatic heterocycles. The molecule has 0 saturated heterocycles. The fourth-order valence-electron chi connectivity index (χ4n) is 3.27. The first-order valence-corrected chi connectivity index (χ1v) is 9.45. The summed E-state index contributed by atoms with van der Waals surface area (Å²) in [6.07, 6.45) is 1.21. The van der Waals surface area contributed by atoms with Crippen molar-refractivity contribution in [2.45, 2.75) is 44.8 Å². The van der Waals surface area contributed by atoms with Crippen LogP contribution >= 0.6 is 11.6 Å². The number of nitrogens with two attached hydrogens (primary N) is 1. The molecule has 28 heavy (non-hydrogen) atoms. The van der Waals surface area contributed by atoms with Gasteiger partial charge in [0, 0.05) is 17.6 Å². The van der Waals surface area contributed by atoms with Gasteiger partial charge in [-0.15, -0.1) is 0 Å². The summed E-state index contributed by atoms with van der Waals surface area (Å²) in [4.78, 5) is 30.2. The number of carbonyl (C=O) groups is 2. The lowest BCUT2D eigenvalue weighted by atomic mass is 9.94. The van der Waals surface area contributed by atoms with Gasteiger partial charge in [0.1, 0.15) is 11.3 Å². The summed E-state index contributed by atoms with van der Waals surface area (Å²) in [6.45, 7) is 5.52. The molecule has 6 nitrogen and oxygen atoms in total. The fraction of sp³-hybridized carbons (Fsp3) is 0.381. The van der Waals surface area contributed by atoms with E-state index in [4.69, 9.17) is 22.1 Å². The van der Waals surface area contributed by atoms with Crippen LogP contribution in [0.15, 0.2) is 36.4 Å². The Balaban J connectivity index is 2.05. The van der Waals surface area contributed by atoms with E-state index in [1.165, 1.54) is 0 Å². The van der Waals surface area contributed by atoms with Crippen molar-refractivity contribution >= 4 is 23.6 Å². The highest BCUT2D eigenvalue weighted by Crippen LogP contribution is 2.53. The van der Waals surface area contributed by atoms with E-state index in [9.17, 15) is 9.59 Å². The van der Waals surface area contributed by atoms with Gasteiger partial charge in [-0.25, -0.2) is 9.78 Å². The van der Waals surface area contributed by atoms with Crippen molar-refractivity contribution in [2.24, 2.45) is 5.73 Å². The van der Waals surface area contributed by atoms with E-state index in [1.54, 1.807) is 42.3 Å². The predicted octanol–water partition coefficient (Wildman–Crippen LogP) is 4.36. The Labute approximate surface area is 169 Å². The largest absolute Gasteiger partial charge is 0.444 e. The molecule has 0 radical (unpaired) electrons. The summed E-state index contributed by atoms with van der Waals surface area (Å²) in [5.41, 5.74) is 6.74. The molecule has 1 aromatic carbocycles. The van der Waals surface area contributed by atoms with Gasteiger partial charge in [-0.1, -0.05) is 23.7 Å². The number of benzene rings is 1. The van der Waals surface area contributed by atoms with Gasteiger partial charge in [-0.3, -0.25) is 4.79 Å². The van der Waals surface area contributed by atoms with Gasteiger partial charge in [0.2, 0.25) is 0 Å². The Morgan fingerprint density at radius 2 is 1.89 bits per heavy atom. The molecule has 1 heterocycles. The minimum Gasteiger partial charge on any atom is -0.444 e. The Hall–Kier alpha value is -2.60. The molecule has 0 unspecified atom stereocenters. The molecule has 2 amide bonds. The van der Waals surface area contributed by atoms with Gasteiger partial charge in [-0.2, -0.15) is 0 Å². The molecule has 1 aliphatic rings. The highest BCUT2D eigenvalue weighted by Gasteiger charge is 2.52. The summed E-state index contributed by atoms with van der Waals surface area (Å²) in [7, 11) is 1.74. The Morgan fingerprint density at radius 1 is 1.21 bits per heavy atom. The van der Waals surface area contributed by atoms with Crippen molar-refractivity contribution < 1.29 is 14.3 Å². The average Bonchev–Trinajstić information content (AvgIpc) is 3.41. The average molecular weight is 402 g/mol. The lowest BCUT2D eigenvalue weighted by Gasteiger charge is -2.32. The Kier molecular flexibility index (Phi) is 5.10. The van der Waals surface area contributed by atoms with Crippen molar-refractivity contribution in [1.82, 2.24) is 9.88 Å². The Morgan fingerprint density at radius 3 is 2.46 bits per heavy atom. The van der Waals surface area contributed by atoms with E-state index in [2.05, 4.69) is 4.98 Å². The first-order valence-electron chi connectivity index (χ1n) is 9.07. The third-order valence-electron chi connectivity index (χ3n) is 4.79. The van der Waals surface area contributed by atoms with E-state index in [1.807, 2.05) is 26.8 Å². The lowest BCUT2D eigenvalue weighted by molar-refractivity contribution is 0.0190. The van der Waals surface area contributed by atoms with Crippen LogP contribution in [-0.4, -0.2) is 34.5 Å². The second kappa shape index (κ2) is 7.09. The van der Waals surface area contributed by atoms with E-state index < -0.39 is 17.0 Å². The van der Waals surface area contributed by atoms with Gasteiger partial charge >= 0.3 is 6.09 Å². The second-order valence-electron chi connectivity index (χ2n) is 8.03. The van der Waals surface area contributed by atoms with Gasteiger partial charge in [0.15, 0.2) is 0 Å². The zero-order chi connectivity index (χ0) is 20.7. The van der Waals surface area contributed by atoms with Crippen molar-refractivity contribution in [2.75, 3.05) is 7.05 Å². The third-order valence-corrected chi connectivity index (χ3v) is 5.03. The normalized spacial score (nSPS) is 15.0. The zero-order valence-corrected chi connectivity index (χ0v) is 17.2. The fourth-order valence-corrected chi connectivity index (χ4v) is 3.44. The number of amides is 2. The highest BCUT2D eigenvalue weighted by molar-refractivity contribution is 6.30. The van der Waals surface area contributed by atoms with Gasteiger partial charge in [-0.05, 0) is 63.4 Å². The van der Waals surface area contributed by atoms with E-state index >= 15 is 0 Å². The number of aromatic nitrogens is 1. The predicted molar refractivity (Wildman–Crippen MR) is 108 cm³/mol. The molecular weight excluding hydrogens is 378 g/mol. The maximum absolute atomic E-state index is 12.7. The van der Waals surface area contributed by atoms with Crippen LogP contribution in [0.5, 0.6) is 0 Å². The number of hydrogen-bond donors (Lipinski definition) is 1. The molecule has 7 heteroatoms. The summed E-state index contributed by atoms with van der Waals surface area (Å²) in [6, 6.07) is 10.6. The van der Waals surface area contributed by atoms with Gasteiger partial charge in [0.25, 0.3) is 5.91 Å². The van der Waals surface area contributed by atoms with Crippen LogP contribution in [0.25, 0.3) is 11.3 Å². The Bertz CT molecular complexity index is 933. The number of primary amides is 1. The standard InChI is InChI=1S/C21H24ClN3O3/c1-20(2,3)28-19(27)25(4)21(10-11-21)15-9-8-13(22)12-14(15)16-6-5-7-17(24-16)18(23)26/h5-9,12H,10-11H2,1-4H3,(H2,23,26). The van der Waals surface area contributed by atoms with Crippen LogP contribution < -0.4 is 5.73 Å². The molecule has 2 aromatic rings. The number of carbonyl (C=O) groups excluding carboxylic acids is 2. The van der Waals surface area contributed by atoms with Crippen molar-refractivity contribution in [3.8, 4) is 11.3 Å². The summed E-state index contributed by atoms with van der Waals surface area (Å²) >= 11 is 6.24. The number of halogens is 1. The van der Waals surface area contributed by atoms with Crippen LogP contribution in [0.4, 0.5) is 4.79 Å². The molecule has 0 spiro atoms. The first kappa shape index (κ1) is 20.1. The monoisotopic (exact) mass is 401 g/mol. The number of pyridine rings is 1. The molecule has 2 N–H and O–H groups in total. The summed E-state index contributed by atoms with van der Waals surface area (Å²) < 4.78 is 5.55. The summed E-state index contributed by atoms with van der Waals surface area (Å²) in [5, 5.41) is 0.542. The van der Waals surface area contributed by atoms with Gasteiger partial charge in [0.05, 0.1) is 11.2 Å².